The molecule has 3 rings (SSSR count). The van der Waals surface area contributed by atoms with Crippen LogP contribution in [0.25, 0.3) is 0 Å². The van der Waals surface area contributed by atoms with Crippen LogP contribution in [0.15, 0.2) is 47.4 Å². The summed E-state index contributed by atoms with van der Waals surface area (Å²) in [5.41, 5.74) is 0.0302. The molecule has 0 aromatic heterocycles. The van der Waals surface area contributed by atoms with Gasteiger partial charge in [-0.05, 0) is 49.4 Å². The van der Waals surface area contributed by atoms with Gasteiger partial charge >= 0.3 is 6.18 Å². The molecule has 0 N–H and O–H groups in total. The SMILES string of the molecule is CC1CN(C(=O)c2cc(S(C)(=O)=O)ccc2Cl)CCN1c1ccc(C(F)(F)F)cc1. The van der Waals surface area contributed by atoms with E-state index in [1.807, 2.05) is 11.8 Å². The van der Waals surface area contributed by atoms with Gasteiger partial charge in [0.1, 0.15) is 0 Å². The molecule has 10 heteroatoms. The fraction of sp³-hybridized carbons (Fsp3) is 0.350. The lowest BCUT2D eigenvalue weighted by Crippen LogP contribution is -2.53. The molecule has 1 aliphatic rings. The number of halogens is 4. The maximum Gasteiger partial charge on any atom is 0.416 e. The second-order valence-corrected chi connectivity index (χ2v) is 9.67. The van der Waals surface area contributed by atoms with Crippen molar-refractivity contribution >= 4 is 33.0 Å². The quantitative estimate of drug-likeness (QED) is 0.691. The van der Waals surface area contributed by atoms with Crippen molar-refractivity contribution in [1.29, 1.82) is 0 Å². The highest BCUT2D eigenvalue weighted by Gasteiger charge is 2.32. The summed E-state index contributed by atoms with van der Waals surface area (Å²) in [6, 6.07) is 8.76. The first-order chi connectivity index (χ1) is 13.9. The number of anilines is 1. The number of alkyl halides is 3. The van der Waals surface area contributed by atoms with Crippen molar-refractivity contribution in [2.75, 3.05) is 30.8 Å². The van der Waals surface area contributed by atoms with Gasteiger partial charge < -0.3 is 9.80 Å². The Morgan fingerprint density at radius 1 is 1.10 bits per heavy atom. The number of benzene rings is 2. The van der Waals surface area contributed by atoms with Crippen molar-refractivity contribution in [2.45, 2.75) is 24.0 Å². The monoisotopic (exact) mass is 460 g/mol. The lowest BCUT2D eigenvalue weighted by atomic mass is 10.1. The van der Waals surface area contributed by atoms with Gasteiger partial charge in [-0.1, -0.05) is 11.6 Å². The summed E-state index contributed by atoms with van der Waals surface area (Å²) >= 11 is 6.13. The fourth-order valence-corrected chi connectivity index (χ4v) is 4.28. The van der Waals surface area contributed by atoms with Crippen LogP contribution >= 0.6 is 11.6 Å². The number of sulfone groups is 1. The molecule has 1 fully saturated rings. The summed E-state index contributed by atoms with van der Waals surface area (Å²) in [5, 5.41) is 0.158. The number of piperazine rings is 1. The Hall–Kier alpha value is -2.26. The maximum absolute atomic E-state index is 12.9. The molecule has 5 nitrogen and oxygen atoms in total. The van der Waals surface area contributed by atoms with Crippen LogP contribution in [0.4, 0.5) is 18.9 Å². The summed E-state index contributed by atoms with van der Waals surface area (Å²) in [5.74, 6) is -0.385. The molecule has 2 aromatic carbocycles. The highest BCUT2D eigenvalue weighted by molar-refractivity contribution is 7.90. The van der Waals surface area contributed by atoms with Gasteiger partial charge in [-0.2, -0.15) is 13.2 Å². The van der Waals surface area contributed by atoms with Crippen LogP contribution in [0.5, 0.6) is 0 Å². The van der Waals surface area contributed by atoms with Crippen LogP contribution < -0.4 is 4.90 Å². The smallest absolute Gasteiger partial charge is 0.365 e. The summed E-state index contributed by atoms with van der Waals surface area (Å²) < 4.78 is 61.9. The molecule has 0 aliphatic carbocycles. The predicted molar refractivity (Wildman–Crippen MR) is 109 cm³/mol. The van der Waals surface area contributed by atoms with E-state index in [2.05, 4.69) is 0 Å². The molecule has 1 saturated heterocycles. The summed E-state index contributed by atoms with van der Waals surface area (Å²) in [7, 11) is -3.49. The fourth-order valence-electron chi connectivity index (χ4n) is 3.44. The Morgan fingerprint density at radius 3 is 2.27 bits per heavy atom. The first-order valence-corrected chi connectivity index (χ1v) is 11.4. The Labute approximate surface area is 178 Å². The van der Waals surface area contributed by atoms with Crippen molar-refractivity contribution in [3.63, 3.8) is 0 Å². The third-order valence-electron chi connectivity index (χ3n) is 5.04. The molecule has 0 spiro atoms. The minimum absolute atomic E-state index is 0.00619. The van der Waals surface area contributed by atoms with E-state index < -0.39 is 21.6 Å². The number of carbonyl (C=O) groups excluding carboxylic acids is 1. The largest absolute Gasteiger partial charge is 0.416 e. The first-order valence-electron chi connectivity index (χ1n) is 9.10. The second-order valence-electron chi connectivity index (χ2n) is 7.25. The number of hydrogen-bond donors (Lipinski definition) is 0. The molecule has 1 amide bonds. The van der Waals surface area contributed by atoms with E-state index >= 15 is 0 Å². The molecule has 1 atom stereocenters. The third kappa shape index (κ3) is 4.73. The summed E-state index contributed by atoms with van der Waals surface area (Å²) in [4.78, 5) is 16.4. The molecule has 2 aromatic rings. The van der Waals surface area contributed by atoms with Crippen LogP contribution in [0.1, 0.15) is 22.8 Å². The van der Waals surface area contributed by atoms with Crippen molar-refractivity contribution in [1.82, 2.24) is 4.90 Å². The van der Waals surface area contributed by atoms with Crippen molar-refractivity contribution in [2.24, 2.45) is 0 Å². The number of hydrogen-bond acceptors (Lipinski definition) is 4. The second kappa shape index (κ2) is 8.11. The zero-order valence-corrected chi connectivity index (χ0v) is 17.9. The Bertz CT molecular complexity index is 1060. The Morgan fingerprint density at radius 2 is 1.73 bits per heavy atom. The predicted octanol–water partition coefficient (Wildman–Crippen LogP) is 4.11. The van der Waals surface area contributed by atoms with Gasteiger partial charge in [0, 0.05) is 37.6 Å². The highest BCUT2D eigenvalue weighted by Crippen LogP contribution is 2.31. The van der Waals surface area contributed by atoms with Gasteiger partial charge in [0.25, 0.3) is 5.91 Å². The highest BCUT2D eigenvalue weighted by atomic mass is 35.5. The first kappa shape index (κ1) is 22.4. The van der Waals surface area contributed by atoms with E-state index in [1.165, 1.54) is 30.3 Å². The number of nitrogens with zero attached hydrogens (tertiary/aromatic N) is 2. The van der Waals surface area contributed by atoms with E-state index in [0.717, 1.165) is 18.4 Å². The van der Waals surface area contributed by atoms with Crippen molar-refractivity contribution in [3.05, 3.63) is 58.6 Å². The average Bonchev–Trinajstić information content (AvgIpc) is 2.66. The number of amides is 1. The summed E-state index contributed by atoms with van der Waals surface area (Å²) in [6.07, 6.45) is -3.34. The Kier molecular flexibility index (Phi) is 6.06. The Balaban J connectivity index is 1.76. The number of carbonyl (C=O) groups is 1. The third-order valence-corrected chi connectivity index (χ3v) is 6.48. The van der Waals surface area contributed by atoms with E-state index in [1.54, 1.807) is 4.90 Å². The van der Waals surface area contributed by atoms with Gasteiger partial charge in [-0.3, -0.25) is 4.79 Å². The zero-order valence-electron chi connectivity index (χ0n) is 16.3. The molecule has 30 heavy (non-hydrogen) atoms. The van der Waals surface area contributed by atoms with Crippen LogP contribution in [0, 0.1) is 0 Å². The van der Waals surface area contributed by atoms with E-state index in [9.17, 15) is 26.4 Å². The molecule has 0 radical (unpaired) electrons. The lowest BCUT2D eigenvalue weighted by Gasteiger charge is -2.41. The average molecular weight is 461 g/mol. The molecular formula is C20H20ClF3N2O3S. The zero-order chi connectivity index (χ0) is 22.3. The van der Waals surface area contributed by atoms with Crippen LogP contribution in [-0.2, 0) is 16.0 Å². The maximum atomic E-state index is 12.9. The minimum Gasteiger partial charge on any atom is -0.365 e. The van der Waals surface area contributed by atoms with E-state index in [4.69, 9.17) is 11.6 Å². The molecule has 1 unspecified atom stereocenters. The van der Waals surface area contributed by atoms with Crippen molar-refractivity contribution in [3.8, 4) is 0 Å². The van der Waals surface area contributed by atoms with Gasteiger partial charge in [-0.15, -0.1) is 0 Å². The van der Waals surface area contributed by atoms with Gasteiger partial charge in [0.15, 0.2) is 9.84 Å². The summed E-state index contributed by atoms with van der Waals surface area (Å²) in [6.45, 7) is 2.93. The van der Waals surface area contributed by atoms with Crippen molar-refractivity contribution < 1.29 is 26.4 Å². The van der Waals surface area contributed by atoms with E-state index in [-0.39, 0.29) is 27.4 Å². The molecular weight excluding hydrogens is 441 g/mol. The molecule has 0 saturated carbocycles. The normalized spacial score (nSPS) is 17.9. The molecule has 1 heterocycles. The van der Waals surface area contributed by atoms with Gasteiger partial charge in [0.2, 0.25) is 0 Å². The van der Waals surface area contributed by atoms with Gasteiger partial charge in [-0.25, -0.2) is 8.42 Å². The topological polar surface area (TPSA) is 57.7 Å². The molecule has 0 bridgehead atoms. The standard InChI is InChI=1S/C20H20ClF3N2O3S/c1-13-12-25(19(27)17-11-16(30(2,28)29)7-8-18(17)21)9-10-26(13)15-5-3-14(4-6-15)20(22,23)24/h3-8,11,13H,9-10,12H2,1-2H3. The molecule has 1 aliphatic heterocycles. The van der Waals surface area contributed by atoms with Gasteiger partial charge in [0.05, 0.1) is 21.0 Å². The number of rotatable bonds is 3. The van der Waals surface area contributed by atoms with Crippen LogP contribution in [0.2, 0.25) is 5.02 Å². The lowest BCUT2D eigenvalue weighted by molar-refractivity contribution is -0.137. The van der Waals surface area contributed by atoms with E-state index in [0.29, 0.717) is 25.3 Å². The van der Waals surface area contributed by atoms with Crippen LogP contribution in [0.3, 0.4) is 0 Å². The minimum atomic E-state index is -4.39. The van der Waals surface area contributed by atoms with Crippen LogP contribution in [-0.4, -0.2) is 51.2 Å². The molecule has 162 valence electrons.